The third-order valence-electron chi connectivity index (χ3n) is 6.52. The number of rotatable bonds is 6. The molecule has 0 radical (unpaired) electrons. The van der Waals surface area contributed by atoms with E-state index >= 15 is 0 Å². The number of nitro groups is 1. The first-order valence-electron chi connectivity index (χ1n) is 11.1. The SMILES string of the molecule is CCC1Oc2ccc([N+](=O)[O-])cc2N(C(C)C(=O)OC2CC(C)CCC2C(C)C)C1=O. The first kappa shape index (κ1) is 23.0. The topological polar surface area (TPSA) is 99.0 Å². The van der Waals surface area contributed by atoms with Gasteiger partial charge in [-0.3, -0.25) is 19.8 Å². The molecule has 0 aromatic heterocycles. The van der Waals surface area contributed by atoms with Gasteiger partial charge in [0.05, 0.1) is 10.6 Å². The molecule has 5 unspecified atom stereocenters. The summed E-state index contributed by atoms with van der Waals surface area (Å²) in [6.07, 6.45) is 2.41. The van der Waals surface area contributed by atoms with Crippen LogP contribution in [0.3, 0.4) is 0 Å². The summed E-state index contributed by atoms with van der Waals surface area (Å²) in [5.74, 6) is 0.608. The van der Waals surface area contributed by atoms with E-state index in [1.165, 1.54) is 23.1 Å². The van der Waals surface area contributed by atoms with Crippen LogP contribution in [-0.2, 0) is 14.3 Å². The lowest BCUT2D eigenvalue weighted by Crippen LogP contribution is -2.53. The van der Waals surface area contributed by atoms with E-state index in [9.17, 15) is 19.7 Å². The fourth-order valence-corrected chi connectivity index (χ4v) is 4.65. The molecule has 170 valence electrons. The number of anilines is 1. The number of carbonyl (C=O) groups is 2. The average molecular weight is 433 g/mol. The van der Waals surface area contributed by atoms with Crippen molar-refractivity contribution in [1.82, 2.24) is 0 Å². The van der Waals surface area contributed by atoms with E-state index in [1.807, 2.05) is 6.92 Å². The van der Waals surface area contributed by atoms with Gasteiger partial charge < -0.3 is 9.47 Å². The fraction of sp³-hybridized carbons (Fsp3) is 0.652. The minimum Gasteiger partial charge on any atom is -0.478 e. The number of hydrogen-bond donors (Lipinski definition) is 0. The van der Waals surface area contributed by atoms with Crippen molar-refractivity contribution in [1.29, 1.82) is 0 Å². The molecule has 1 heterocycles. The molecule has 1 aliphatic carbocycles. The summed E-state index contributed by atoms with van der Waals surface area (Å²) >= 11 is 0. The van der Waals surface area contributed by atoms with Crippen LogP contribution in [0.15, 0.2) is 18.2 Å². The lowest BCUT2D eigenvalue weighted by molar-refractivity contribution is -0.384. The van der Waals surface area contributed by atoms with Gasteiger partial charge in [0.2, 0.25) is 0 Å². The molecule has 2 aliphatic rings. The van der Waals surface area contributed by atoms with Crippen molar-refractivity contribution >= 4 is 23.3 Å². The largest absolute Gasteiger partial charge is 0.478 e. The van der Waals surface area contributed by atoms with E-state index < -0.39 is 28.9 Å². The summed E-state index contributed by atoms with van der Waals surface area (Å²) in [5.41, 5.74) is 0.0578. The minimum absolute atomic E-state index is 0.170. The Morgan fingerprint density at radius 2 is 2.03 bits per heavy atom. The number of carbonyl (C=O) groups excluding carboxylic acids is 2. The van der Waals surface area contributed by atoms with E-state index in [-0.39, 0.29) is 23.4 Å². The van der Waals surface area contributed by atoms with E-state index in [1.54, 1.807) is 6.92 Å². The Labute approximate surface area is 183 Å². The maximum absolute atomic E-state index is 13.2. The molecular formula is C23H32N2O6. The first-order valence-corrected chi connectivity index (χ1v) is 11.1. The second kappa shape index (κ2) is 9.24. The first-order chi connectivity index (χ1) is 14.6. The molecule has 1 saturated carbocycles. The van der Waals surface area contributed by atoms with Crippen molar-refractivity contribution in [3.8, 4) is 5.75 Å². The minimum atomic E-state index is -0.920. The molecule has 31 heavy (non-hydrogen) atoms. The van der Waals surface area contributed by atoms with Gasteiger partial charge in [-0.15, -0.1) is 0 Å². The number of amides is 1. The Hall–Kier alpha value is -2.64. The van der Waals surface area contributed by atoms with Crippen molar-refractivity contribution in [2.75, 3.05) is 4.90 Å². The summed E-state index contributed by atoms with van der Waals surface area (Å²) in [6.45, 7) is 9.86. The zero-order valence-corrected chi connectivity index (χ0v) is 18.9. The van der Waals surface area contributed by atoms with Gasteiger partial charge in [-0.25, -0.2) is 4.79 Å². The standard InChI is InChI=1S/C23H32N2O6/c1-6-19-22(26)24(18-12-16(25(28)29)8-10-20(18)30-19)15(5)23(27)31-21-11-14(4)7-9-17(21)13(2)3/h8,10,12-15,17,19,21H,6-7,9,11H2,1-5H3. The van der Waals surface area contributed by atoms with Crippen LogP contribution in [0.5, 0.6) is 5.75 Å². The third-order valence-corrected chi connectivity index (χ3v) is 6.52. The number of nitrogens with zero attached hydrogens (tertiary/aromatic N) is 2. The van der Waals surface area contributed by atoms with E-state index in [4.69, 9.17) is 9.47 Å². The lowest BCUT2D eigenvalue weighted by atomic mass is 9.75. The van der Waals surface area contributed by atoms with Gasteiger partial charge in [0, 0.05) is 12.1 Å². The maximum atomic E-state index is 13.2. The molecule has 0 saturated heterocycles. The highest BCUT2D eigenvalue weighted by Crippen LogP contribution is 2.40. The van der Waals surface area contributed by atoms with Gasteiger partial charge >= 0.3 is 5.97 Å². The second-order valence-electron chi connectivity index (χ2n) is 9.11. The number of nitro benzene ring substituents is 1. The van der Waals surface area contributed by atoms with Gasteiger partial charge in [0.1, 0.15) is 17.9 Å². The number of fused-ring (bicyclic) bond motifs is 1. The van der Waals surface area contributed by atoms with Crippen LogP contribution < -0.4 is 9.64 Å². The summed E-state index contributed by atoms with van der Waals surface area (Å²) in [4.78, 5) is 38.3. The van der Waals surface area contributed by atoms with Crippen molar-refractivity contribution in [2.45, 2.75) is 78.6 Å². The van der Waals surface area contributed by atoms with E-state index in [0.717, 1.165) is 19.3 Å². The number of ether oxygens (including phenoxy) is 2. The molecule has 0 bridgehead atoms. The fourth-order valence-electron chi connectivity index (χ4n) is 4.65. The van der Waals surface area contributed by atoms with E-state index in [2.05, 4.69) is 20.8 Å². The highest BCUT2D eigenvalue weighted by molar-refractivity contribution is 6.04. The van der Waals surface area contributed by atoms with Crippen LogP contribution in [0.2, 0.25) is 0 Å². The maximum Gasteiger partial charge on any atom is 0.329 e. The van der Waals surface area contributed by atoms with Gasteiger partial charge in [0.15, 0.2) is 6.10 Å². The van der Waals surface area contributed by atoms with Crippen molar-refractivity contribution in [3.63, 3.8) is 0 Å². The molecule has 8 heteroatoms. The second-order valence-corrected chi connectivity index (χ2v) is 9.11. The number of non-ortho nitro benzene ring substituents is 1. The number of benzene rings is 1. The monoisotopic (exact) mass is 432 g/mol. The average Bonchev–Trinajstić information content (AvgIpc) is 2.72. The zero-order valence-electron chi connectivity index (χ0n) is 18.9. The molecule has 0 N–H and O–H groups in total. The van der Waals surface area contributed by atoms with Crippen LogP contribution in [0.4, 0.5) is 11.4 Å². The molecule has 1 aromatic carbocycles. The molecule has 1 fully saturated rings. The van der Waals surface area contributed by atoms with Crippen molar-refractivity contribution in [2.24, 2.45) is 17.8 Å². The van der Waals surface area contributed by atoms with Crippen LogP contribution in [0, 0.1) is 27.9 Å². The van der Waals surface area contributed by atoms with Gasteiger partial charge in [0.25, 0.3) is 11.6 Å². The van der Waals surface area contributed by atoms with Crippen LogP contribution in [0.25, 0.3) is 0 Å². The van der Waals surface area contributed by atoms with Gasteiger partial charge in [-0.2, -0.15) is 0 Å². The zero-order chi connectivity index (χ0) is 22.9. The Morgan fingerprint density at radius 1 is 1.32 bits per heavy atom. The summed E-state index contributed by atoms with van der Waals surface area (Å²) < 4.78 is 11.7. The van der Waals surface area contributed by atoms with Crippen molar-refractivity contribution in [3.05, 3.63) is 28.3 Å². The molecule has 5 atom stereocenters. The smallest absolute Gasteiger partial charge is 0.329 e. The highest BCUT2D eigenvalue weighted by atomic mass is 16.6. The normalized spacial score (nSPS) is 26.8. The highest BCUT2D eigenvalue weighted by Gasteiger charge is 2.41. The molecule has 1 aromatic rings. The molecule has 8 nitrogen and oxygen atoms in total. The summed E-state index contributed by atoms with van der Waals surface area (Å²) in [7, 11) is 0. The number of hydrogen-bond acceptors (Lipinski definition) is 6. The summed E-state index contributed by atoms with van der Waals surface area (Å²) in [5, 5.41) is 11.3. The summed E-state index contributed by atoms with van der Waals surface area (Å²) in [6, 6.07) is 3.17. The molecule has 1 amide bonds. The Kier molecular flexibility index (Phi) is 6.86. The van der Waals surface area contributed by atoms with Gasteiger partial charge in [-0.05, 0) is 50.0 Å². The van der Waals surface area contributed by atoms with Gasteiger partial charge in [-0.1, -0.05) is 34.1 Å². The molecule has 1 aliphatic heterocycles. The van der Waals surface area contributed by atoms with Crippen molar-refractivity contribution < 1.29 is 24.0 Å². The van der Waals surface area contributed by atoms with Crippen LogP contribution >= 0.6 is 0 Å². The quantitative estimate of drug-likeness (QED) is 0.373. The number of esters is 1. The van der Waals surface area contributed by atoms with Crippen LogP contribution in [0.1, 0.15) is 60.3 Å². The molecular weight excluding hydrogens is 400 g/mol. The predicted molar refractivity (Wildman–Crippen MR) is 116 cm³/mol. The Morgan fingerprint density at radius 3 is 2.65 bits per heavy atom. The van der Waals surface area contributed by atoms with Crippen LogP contribution in [-0.4, -0.2) is 35.0 Å². The lowest BCUT2D eigenvalue weighted by Gasteiger charge is -2.39. The molecule has 3 rings (SSSR count). The van der Waals surface area contributed by atoms with E-state index in [0.29, 0.717) is 24.0 Å². The predicted octanol–water partition coefficient (Wildman–Crippen LogP) is 4.49. The molecule has 0 spiro atoms. The Balaban J connectivity index is 1.89. The third kappa shape index (κ3) is 4.67. The Bertz CT molecular complexity index is 854.